The minimum Gasteiger partial charge on any atom is -0.487 e. The van der Waals surface area contributed by atoms with Crippen molar-refractivity contribution < 1.29 is 18.4 Å². The Morgan fingerprint density at radius 2 is 1.93 bits per heavy atom. The molecule has 3 rings (SSSR count). The molecule has 7 nitrogen and oxygen atoms in total. The number of hydrogen-bond acceptors (Lipinski definition) is 7. The van der Waals surface area contributed by atoms with Gasteiger partial charge in [-0.1, -0.05) is 16.8 Å². The molecule has 3 aromatic rings. The SMILES string of the molecule is CO/N=C/c1c(N)ncnc1Nc1ccc(OCc2cc(F)cc(F)c2)c(Cl)c1. The fraction of sp³-hybridized carbons (Fsp3) is 0.105. The van der Waals surface area contributed by atoms with Crippen molar-refractivity contribution in [2.24, 2.45) is 5.16 Å². The Labute approximate surface area is 170 Å². The average Bonchev–Trinajstić information content (AvgIpc) is 2.66. The quantitative estimate of drug-likeness (QED) is 0.438. The highest BCUT2D eigenvalue weighted by atomic mass is 35.5. The van der Waals surface area contributed by atoms with Gasteiger partial charge in [-0.2, -0.15) is 0 Å². The summed E-state index contributed by atoms with van der Waals surface area (Å²) in [5, 5.41) is 7.03. The minimum absolute atomic E-state index is 0.0404. The van der Waals surface area contributed by atoms with Gasteiger partial charge >= 0.3 is 0 Å². The van der Waals surface area contributed by atoms with Gasteiger partial charge in [-0.05, 0) is 35.9 Å². The molecule has 0 saturated carbocycles. The molecule has 0 atom stereocenters. The van der Waals surface area contributed by atoms with Crippen molar-refractivity contribution in [2.75, 3.05) is 18.2 Å². The summed E-state index contributed by atoms with van der Waals surface area (Å²) in [5.74, 6) is -0.377. The van der Waals surface area contributed by atoms with E-state index in [9.17, 15) is 8.78 Å². The summed E-state index contributed by atoms with van der Waals surface area (Å²) in [6, 6.07) is 8.10. The first-order valence-electron chi connectivity index (χ1n) is 8.27. The maximum Gasteiger partial charge on any atom is 0.144 e. The van der Waals surface area contributed by atoms with Crippen molar-refractivity contribution in [2.45, 2.75) is 6.61 Å². The zero-order chi connectivity index (χ0) is 20.8. The molecule has 2 aromatic carbocycles. The summed E-state index contributed by atoms with van der Waals surface area (Å²) in [4.78, 5) is 12.7. The number of anilines is 3. The number of ether oxygens (including phenoxy) is 1. The zero-order valence-corrected chi connectivity index (χ0v) is 16.0. The smallest absolute Gasteiger partial charge is 0.144 e. The van der Waals surface area contributed by atoms with E-state index in [1.54, 1.807) is 18.2 Å². The number of benzene rings is 2. The largest absolute Gasteiger partial charge is 0.487 e. The number of oxime groups is 1. The average molecular weight is 420 g/mol. The fourth-order valence-electron chi connectivity index (χ4n) is 2.43. The van der Waals surface area contributed by atoms with Crippen LogP contribution in [0.4, 0.5) is 26.1 Å². The summed E-state index contributed by atoms with van der Waals surface area (Å²) < 4.78 is 32.1. The summed E-state index contributed by atoms with van der Waals surface area (Å²) in [5.41, 5.74) is 7.24. The Hall–Kier alpha value is -3.46. The molecular weight excluding hydrogens is 404 g/mol. The predicted octanol–water partition coefficient (Wildman–Crippen LogP) is 4.29. The van der Waals surface area contributed by atoms with Gasteiger partial charge in [0.2, 0.25) is 0 Å². The highest BCUT2D eigenvalue weighted by molar-refractivity contribution is 6.32. The second-order valence-electron chi connectivity index (χ2n) is 5.77. The summed E-state index contributed by atoms with van der Waals surface area (Å²) in [6.07, 6.45) is 2.69. The molecule has 0 aliphatic heterocycles. The molecule has 0 unspecified atom stereocenters. The Morgan fingerprint density at radius 3 is 2.62 bits per heavy atom. The van der Waals surface area contributed by atoms with E-state index >= 15 is 0 Å². The normalized spacial score (nSPS) is 10.9. The molecule has 0 saturated heterocycles. The van der Waals surface area contributed by atoms with Crippen LogP contribution in [0, 0.1) is 11.6 Å². The van der Waals surface area contributed by atoms with Crippen LogP contribution in [0.25, 0.3) is 0 Å². The highest BCUT2D eigenvalue weighted by Gasteiger charge is 2.10. The third-order valence-corrected chi connectivity index (χ3v) is 4.01. The van der Waals surface area contributed by atoms with Crippen molar-refractivity contribution in [3.05, 3.63) is 70.5 Å². The maximum atomic E-state index is 13.3. The molecule has 150 valence electrons. The topological polar surface area (TPSA) is 94.7 Å². The molecule has 0 bridgehead atoms. The van der Waals surface area contributed by atoms with Crippen LogP contribution >= 0.6 is 11.6 Å². The van der Waals surface area contributed by atoms with Crippen molar-refractivity contribution in [3.8, 4) is 5.75 Å². The molecule has 0 spiro atoms. The lowest BCUT2D eigenvalue weighted by atomic mass is 10.2. The standard InChI is InChI=1S/C19H16ClF2N5O2/c1-28-26-8-15-18(23)24-10-25-19(15)27-14-2-3-17(16(20)7-14)29-9-11-4-12(21)6-13(22)5-11/h2-8,10H,9H2,1H3,(H3,23,24,25,27)/b26-8+. The minimum atomic E-state index is -0.675. The van der Waals surface area contributed by atoms with E-state index in [-0.39, 0.29) is 12.4 Å². The van der Waals surface area contributed by atoms with Gasteiger partial charge in [-0.15, -0.1) is 0 Å². The monoisotopic (exact) mass is 419 g/mol. The lowest BCUT2D eigenvalue weighted by Crippen LogP contribution is -2.05. The first-order valence-corrected chi connectivity index (χ1v) is 8.65. The van der Waals surface area contributed by atoms with E-state index in [0.717, 1.165) is 6.07 Å². The van der Waals surface area contributed by atoms with E-state index in [4.69, 9.17) is 22.1 Å². The lowest BCUT2D eigenvalue weighted by Gasteiger charge is -2.12. The Balaban J connectivity index is 1.75. The molecule has 10 heteroatoms. The number of nitrogens with two attached hydrogens (primary N) is 1. The van der Waals surface area contributed by atoms with E-state index in [0.29, 0.717) is 33.4 Å². The molecule has 0 aliphatic carbocycles. The van der Waals surface area contributed by atoms with Gasteiger partial charge in [-0.25, -0.2) is 18.7 Å². The highest BCUT2D eigenvalue weighted by Crippen LogP contribution is 2.30. The van der Waals surface area contributed by atoms with Gasteiger partial charge in [0.05, 0.1) is 16.8 Å². The van der Waals surface area contributed by atoms with Crippen LogP contribution in [0.2, 0.25) is 5.02 Å². The Morgan fingerprint density at radius 1 is 1.17 bits per heavy atom. The van der Waals surface area contributed by atoms with Crippen LogP contribution < -0.4 is 15.8 Å². The molecule has 0 amide bonds. The van der Waals surface area contributed by atoms with Crippen LogP contribution in [-0.4, -0.2) is 23.3 Å². The lowest BCUT2D eigenvalue weighted by molar-refractivity contribution is 0.215. The number of nitrogens with zero attached hydrogens (tertiary/aromatic N) is 3. The van der Waals surface area contributed by atoms with Crippen molar-refractivity contribution in [1.29, 1.82) is 0 Å². The third-order valence-electron chi connectivity index (χ3n) is 3.71. The van der Waals surface area contributed by atoms with Crippen LogP contribution in [0.5, 0.6) is 5.75 Å². The molecule has 0 aliphatic rings. The second-order valence-corrected chi connectivity index (χ2v) is 6.18. The number of aromatic nitrogens is 2. The number of halogens is 3. The van der Waals surface area contributed by atoms with Gasteiger partial charge in [0.25, 0.3) is 0 Å². The molecule has 29 heavy (non-hydrogen) atoms. The molecular formula is C19H16ClF2N5O2. The van der Waals surface area contributed by atoms with E-state index < -0.39 is 11.6 Å². The van der Waals surface area contributed by atoms with Gasteiger partial charge in [0.1, 0.15) is 49.1 Å². The van der Waals surface area contributed by atoms with Crippen molar-refractivity contribution >= 4 is 35.1 Å². The van der Waals surface area contributed by atoms with Crippen LogP contribution in [0.15, 0.2) is 47.9 Å². The number of nitrogen functional groups attached to an aromatic ring is 1. The molecule has 0 fully saturated rings. The number of hydrogen-bond donors (Lipinski definition) is 2. The molecule has 1 aromatic heterocycles. The predicted molar refractivity (Wildman–Crippen MR) is 106 cm³/mol. The molecule has 0 radical (unpaired) electrons. The van der Waals surface area contributed by atoms with E-state index in [1.807, 2.05) is 0 Å². The summed E-state index contributed by atoms with van der Waals surface area (Å²) in [6.45, 7) is -0.0404. The van der Waals surface area contributed by atoms with Gasteiger partial charge in [0.15, 0.2) is 0 Å². The van der Waals surface area contributed by atoms with Gasteiger partial charge < -0.3 is 20.6 Å². The summed E-state index contributed by atoms with van der Waals surface area (Å²) >= 11 is 6.26. The van der Waals surface area contributed by atoms with Gasteiger partial charge in [0, 0.05) is 11.8 Å². The second kappa shape index (κ2) is 9.16. The van der Waals surface area contributed by atoms with Crippen LogP contribution in [0.3, 0.4) is 0 Å². The molecule has 1 heterocycles. The van der Waals surface area contributed by atoms with Gasteiger partial charge in [-0.3, -0.25) is 0 Å². The zero-order valence-electron chi connectivity index (χ0n) is 15.2. The van der Waals surface area contributed by atoms with Crippen molar-refractivity contribution in [1.82, 2.24) is 9.97 Å². The van der Waals surface area contributed by atoms with Crippen molar-refractivity contribution in [3.63, 3.8) is 0 Å². The van der Waals surface area contributed by atoms with Crippen LogP contribution in [0.1, 0.15) is 11.1 Å². The molecule has 3 N–H and O–H groups in total. The summed E-state index contributed by atoms with van der Waals surface area (Å²) in [7, 11) is 1.40. The third kappa shape index (κ3) is 5.29. The first-order chi connectivity index (χ1) is 14.0. The maximum absolute atomic E-state index is 13.3. The van der Waals surface area contributed by atoms with E-state index in [2.05, 4.69) is 25.3 Å². The number of nitrogens with one attached hydrogen (secondary N) is 1. The first kappa shape index (κ1) is 20.3. The van der Waals surface area contributed by atoms with E-state index in [1.165, 1.54) is 31.8 Å². The Kier molecular flexibility index (Phi) is 6.40. The fourth-order valence-corrected chi connectivity index (χ4v) is 2.66. The number of rotatable bonds is 7. The Bertz CT molecular complexity index is 1030. The van der Waals surface area contributed by atoms with Crippen LogP contribution in [-0.2, 0) is 11.4 Å².